The lowest BCUT2D eigenvalue weighted by atomic mass is 10.5. The third-order valence-corrected chi connectivity index (χ3v) is 1.10. The van der Waals surface area contributed by atoms with Crippen LogP contribution in [0, 0.1) is 0 Å². The molecular formula is C3H9NO3S. The number of aliphatic hydroxyl groups excluding tert-OH is 1. The van der Waals surface area contributed by atoms with Crippen LogP contribution in [0.3, 0.4) is 0 Å². The predicted molar refractivity (Wildman–Crippen MR) is 30.2 cm³/mol. The second kappa shape index (κ2) is 3.96. The molecule has 50 valence electrons. The summed E-state index contributed by atoms with van der Waals surface area (Å²) < 4.78 is 19.8. The van der Waals surface area contributed by atoms with Gasteiger partial charge in [-0.15, -0.1) is 0 Å². The molecule has 0 aromatic carbocycles. The molecule has 0 aromatic rings. The molecule has 3 N–H and O–H groups in total. The molecule has 0 heterocycles. The fourth-order valence-corrected chi connectivity index (χ4v) is 0.599. The monoisotopic (exact) mass is 139 g/mol. The maximum Gasteiger partial charge on any atom is 0.233 e. The van der Waals surface area contributed by atoms with E-state index in [4.69, 9.17) is 9.66 Å². The molecule has 0 aliphatic rings. The van der Waals surface area contributed by atoms with E-state index in [9.17, 15) is 4.21 Å². The zero-order chi connectivity index (χ0) is 6.57. The van der Waals surface area contributed by atoms with Crippen LogP contribution < -0.4 is 4.72 Å². The van der Waals surface area contributed by atoms with Crippen LogP contribution in [0.15, 0.2) is 0 Å². The fraction of sp³-hybridized carbons (Fsp3) is 1.00. The van der Waals surface area contributed by atoms with Crippen molar-refractivity contribution >= 4 is 11.3 Å². The second-order valence-corrected chi connectivity index (χ2v) is 2.03. The summed E-state index contributed by atoms with van der Waals surface area (Å²) in [5.74, 6) is 0. The fourth-order valence-electron chi connectivity index (χ4n) is 0.200. The Labute approximate surface area is 50.3 Å². The van der Waals surface area contributed by atoms with Gasteiger partial charge in [0, 0.05) is 0 Å². The van der Waals surface area contributed by atoms with Crippen molar-refractivity contribution in [1.29, 1.82) is 0 Å². The van der Waals surface area contributed by atoms with Gasteiger partial charge in [0.05, 0.1) is 0 Å². The molecule has 0 aliphatic carbocycles. The van der Waals surface area contributed by atoms with Crippen LogP contribution in [-0.4, -0.2) is 20.1 Å². The van der Waals surface area contributed by atoms with Crippen molar-refractivity contribution in [3.63, 3.8) is 0 Å². The Hall–Kier alpha value is 0.0300. The first-order chi connectivity index (χ1) is 3.66. The largest absolute Gasteiger partial charge is 0.378 e. The predicted octanol–water partition coefficient (Wildman–Crippen LogP) is -0.559. The molecule has 8 heavy (non-hydrogen) atoms. The molecule has 0 spiro atoms. The van der Waals surface area contributed by atoms with E-state index in [0.717, 1.165) is 0 Å². The Morgan fingerprint density at radius 1 is 1.88 bits per heavy atom. The van der Waals surface area contributed by atoms with Crippen LogP contribution in [-0.2, 0) is 11.3 Å². The highest BCUT2D eigenvalue weighted by molar-refractivity contribution is 7.77. The van der Waals surface area contributed by atoms with Gasteiger partial charge in [-0.05, 0) is 6.42 Å². The Balaban J connectivity index is 3.24. The third kappa shape index (κ3) is 4.20. The zero-order valence-electron chi connectivity index (χ0n) is 4.50. The molecule has 0 aromatic heterocycles. The van der Waals surface area contributed by atoms with E-state index < -0.39 is 17.5 Å². The minimum Gasteiger partial charge on any atom is -0.378 e. The normalized spacial score (nSPS) is 17.9. The van der Waals surface area contributed by atoms with Crippen LogP contribution in [0.1, 0.15) is 13.3 Å². The topological polar surface area (TPSA) is 69.6 Å². The average molecular weight is 139 g/mol. The summed E-state index contributed by atoms with van der Waals surface area (Å²) in [6.45, 7) is 1.70. The highest BCUT2D eigenvalue weighted by atomic mass is 32.2. The smallest absolute Gasteiger partial charge is 0.233 e. The quantitative estimate of drug-likeness (QED) is 0.362. The minimum absolute atomic E-state index is 0.423. The van der Waals surface area contributed by atoms with E-state index in [1.165, 1.54) is 0 Å². The Morgan fingerprint density at radius 3 is 2.50 bits per heavy atom. The summed E-state index contributed by atoms with van der Waals surface area (Å²) in [6.07, 6.45) is -0.451. The van der Waals surface area contributed by atoms with Gasteiger partial charge in [-0.2, -0.15) is 4.72 Å². The number of hydrogen-bond donors (Lipinski definition) is 3. The van der Waals surface area contributed by atoms with Gasteiger partial charge in [0.15, 0.2) is 0 Å². The van der Waals surface area contributed by atoms with Crippen LogP contribution in [0.4, 0.5) is 0 Å². The van der Waals surface area contributed by atoms with E-state index in [-0.39, 0.29) is 0 Å². The molecule has 0 aliphatic heterocycles. The second-order valence-electron chi connectivity index (χ2n) is 1.29. The van der Waals surface area contributed by atoms with Crippen molar-refractivity contribution in [3.05, 3.63) is 0 Å². The highest BCUT2D eigenvalue weighted by Gasteiger charge is 1.99. The van der Waals surface area contributed by atoms with Crippen molar-refractivity contribution in [1.82, 2.24) is 4.72 Å². The minimum atomic E-state index is -2.10. The van der Waals surface area contributed by atoms with Crippen LogP contribution in [0.2, 0.25) is 0 Å². The molecule has 0 bridgehead atoms. The SMILES string of the molecule is CCC(O)NS(=O)O. The standard InChI is InChI=1S/C3H9NO3S/c1-2-3(5)4-8(6)7/h3-5H,2H2,1H3,(H,6,7). The van der Waals surface area contributed by atoms with E-state index in [1.807, 2.05) is 4.72 Å². The van der Waals surface area contributed by atoms with Crippen molar-refractivity contribution in [2.75, 3.05) is 0 Å². The molecule has 0 radical (unpaired) electrons. The first-order valence-electron chi connectivity index (χ1n) is 2.22. The summed E-state index contributed by atoms with van der Waals surface area (Å²) in [4.78, 5) is 0. The van der Waals surface area contributed by atoms with E-state index >= 15 is 0 Å². The summed E-state index contributed by atoms with van der Waals surface area (Å²) in [7, 11) is 0. The van der Waals surface area contributed by atoms with Gasteiger partial charge in [0.2, 0.25) is 11.3 Å². The lowest BCUT2D eigenvalue weighted by Crippen LogP contribution is -2.29. The molecule has 0 amide bonds. The maximum atomic E-state index is 9.81. The average Bonchev–Trinajstić information content (AvgIpc) is 1.65. The van der Waals surface area contributed by atoms with Gasteiger partial charge in [-0.25, -0.2) is 4.21 Å². The number of rotatable bonds is 3. The molecular weight excluding hydrogens is 130 g/mol. The Bertz CT molecular complexity index is 86.6. The molecule has 4 nitrogen and oxygen atoms in total. The van der Waals surface area contributed by atoms with Crippen molar-refractivity contribution in [3.8, 4) is 0 Å². The molecule has 0 fully saturated rings. The first kappa shape index (κ1) is 8.03. The maximum absolute atomic E-state index is 9.81. The van der Waals surface area contributed by atoms with E-state index in [0.29, 0.717) is 6.42 Å². The van der Waals surface area contributed by atoms with Gasteiger partial charge in [-0.3, -0.25) is 4.55 Å². The zero-order valence-corrected chi connectivity index (χ0v) is 5.31. The third-order valence-electron chi connectivity index (χ3n) is 0.624. The van der Waals surface area contributed by atoms with Gasteiger partial charge in [-0.1, -0.05) is 6.92 Å². The van der Waals surface area contributed by atoms with E-state index in [2.05, 4.69) is 0 Å². The van der Waals surface area contributed by atoms with E-state index in [1.54, 1.807) is 6.92 Å². The van der Waals surface area contributed by atoms with Crippen molar-refractivity contribution in [2.45, 2.75) is 19.6 Å². The summed E-state index contributed by atoms with van der Waals surface area (Å²) >= 11 is -2.10. The van der Waals surface area contributed by atoms with Gasteiger partial charge >= 0.3 is 0 Å². The lowest BCUT2D eigenvalue weighted by molar-refractivity contribution is 0.158. The highest BCUT2D eigenvalue weighted by Crippen LogP contribution is 1.82. The lowest BCUT2D eigenvalue weighted by Gasteiger charge is -2.03. The number of hydrogen-bond acceptors (Lipinski definition) is 2. The first-order valence-corrected chi connectivity index (χ1v) is 3.32. The molecule has 0 rings (SSSR count). The summed E-state index contributed by atoms with van der Waals surface area (Å²) in [5, 5.41) is 8.56. The van der Waals surface area contributed by atoms with Crippen LogP contribution in [0.25, 0.3) is 0 Å². The Morgan fingerprint density at radius 2 is 2.38 bits per heavy atom. The van der Waals surface area contributed by atoms with Gasteiger partial charge in [0.25, 0.3) is 0 Å². The molecule has 2 atom stereocenters. The van der Waals surface area contributed by atoms with Gasteiger partial charge in [0.1, 0.15) is 6.23 Å². The summed E-state index contributed by atoms with van der Waals surface area (Å²) in [6, 6.07) is 0. The molecule has 0 saturated heterocycles. The van der Waals surface area contributed by atoms with Crippen LogP contribution in [0.5, 0.6) is 0 Å². The molecule has 5 heteroatoms. The Kier molecular flexibility index (Phi) is 3.98. The molecule has 2 unspecified atom stereocenters. The van der Waals surface area contributed by atoms with Crippen LogP contribution >= 0.6 is 0 Å². The summed E-state index contributed by atoms with van der Waals surface area (Å²) in [5.41, 5.74) is 0. The number of nitrogens with one attached hydrogen (secondary N) is 1. The van der Waals surface area contributed by atoms with Crippen molar-refractivity contribution < 1.29 is 13.9 Å². The number of aliphatic hydroxyl groups is 1. The van der Waals surface area contributed by atoms with Crippen molar-refractivity contribution in [2.24, 2.45) is 0 Å². The molecule has 0 saturated carbocycles. The van der Waals surface area contributed by atoms with Gasteiger partial charge < -0.3 is 5.11 Å².